The van der Waals surface area contributed by atoms with E-state index in [0.717, 1.165) is 58.4 Å². The third kappa shape index (κ3) is 4.05. The monoisotopic (exact) mass is 506 g/mol. The normalized spacial score (nSPS) is 21.3. The van der Waals surface area contributed by atoms with Gasteiger partial charge in [-0.15, -0.1) is 0 Å². The van der Waals surface area contributed by atoms with Crippen LogP contribution in [-0.2, 0) is 16.1 Å². The summed E-state index contributed by atoms with van der Waals surface area (Å²) < 4.78 is 2.30. The zero-order valence-electron chi connectivity index (χ0n) is 23.5. The van der Waals surface area contributed by atoms with Crippen LogP contribution >= 0.6 is 0 Å². The van der Waals surface area contributed by atoms with Crippen molar-refractivity contribution in [3.8, 4) is 0 Å². The number of nitrogens with zero attached hydrogens (tertiary/aromatic N) is 2. The summed E-state index contributed by atoms with van der Waals surface area (Å²) in [5.74, 6) is 0.0626. The van der Waals surface area contributed by atoms with Crippen molar-refractivity contribution < 1.29 is 9.59 Å². The molecule has 0 atom stereocenters. The van der Waals surface area contributed by atoms with Crippen molar-refractivity contribution in [2.24, 2.45) is 10.8 Å². The number of aryl methyl sites for hydroxylation is 1. The number of ketones is 2. The number of rotatable bonds is 3. The van der Waals surface area contributed by atoms with Gasteiger partial charge in [0.05, 0.1) is 0 Å². The molecule has 2 aliphatic carbocycles. The topological polar surface area (TPSA) is 42.3 Å². The molecular formula is C34H38N2O2. The Labute approximate surface area is 226 Å². The van der Waals surface area contributed by atoms with E-state index in [9.17, 15) is 9.59 Å². The number of para-hydroxylation sites is 1. The average molecular weight is 507 g/mol. The van der Waals surface area contributed by atoms with Crippen molar-refractivity contribution in [1.82, 2.24) is 9.47 Å². The van der Waals surface area contributed by atoms with E-state index >= 15 is 0 Å². The van der Waals surface area contributed by atoms with Crippen LogP contribution in [0, 0.1) is 17.8 Å². The molecule has 38 heavy (non-hydrogen) atoms. The van der Waals surface area contributed by atoms with Gasteiger partial charge in [-0.2, -0.15) is 0 Å². The largest absolute Gasteiger partial charge is 0.351 e. The number of carbonyl (C=O) groups excluding carboxylic acids is 2. The standard InChI is InChI=1S/C34H38N2O2/c1-21-10-9-11-22(14-21)19-36-20-24(23-12-7-8-13-25(23)36)30-31-26(15-33(2,3)17-28(31)37)35(6)27-16-34(4,5)18-29(38)32(27)30/h7-14,20,30H,15-19H2,1-6H3. The van der Waals surface area contributed by atoms with E-state index in [1.165, 1.54) is 11.1 Å². The highest BCUT2D eigenvalue weighted by atomic mass is 16.1. The molecular weight excluding hydrogens is 468 g/mol. The van der Waals surface area contributed by atoms with Gasteiger partial charge in [0.2, 0.25) is 0 Å². The molecule has 0 radical (unpaired) electrons. The van der Waals surface area contributed by atoms with E-state index in [-0.39, 0.29) is 28.3 Å². The Hall–Kier alpha value is -3.40. The molecule has 6 rings (SSSR count). The van der Waals surface area contributed by atoms with Gasteiger partial charge in [0.1, 0.15) is 0 Å². The van der Waals surface area contributed by atoms with Gasteiger partial charge in [-0.3, -0.25) is 9.59 Å². The molecule has 4 nitrogen and oxygen atoms in total. The van der Waals surface area contributed by atoms with Crippen LogP contribution in [0.2, 0.25) is 0 Å². The number of Topliss-reactive ketones (excluding diaryl/α,β-unsaturated/α-hetero) is 2. The van der Waals surface area contributed by atoms with E-state index in [1.807, 2.05) is 0 Å². The highest BCUT2D eigenvalue weighted by molar-refractivity contribution is 6.08. The fraction of sp³-hybridized carbons (Fsp3) is 0.412. The summed E-state index contributed by atoms with van der Waals surface area (Å²) >= 11 is 0. The van der Waals surface area contributed by atoms with Crippen LogP contribution in [0.4, 0.5) is 0 Å². The molecule has 0 amide bonds. The molecule has 2 aromatic carbocycles. The molecule has 0 unspecified atom stereocenters. The number of carbonyl (C=O) groups is 2. The first kappa shape index (κ1) is 24.9. The van der Waals surface area contributed by atoms with Gasteiger partial charge in [-0.1, -0.05) is 75.7 Å². The first-order valence-corrected chi connectivity index (χ1v) is 13.8. The number of fused-ring (bicyclic) bond motifs is 1. The lowest BCUT2D eigenvalue weighted by atomic mass is 9.64. The van der Waals surface area contributed by atoms with E-state index in [4.69, 9.17) is 0 Å². The molecule has 0 bridgehead atoms. The van der Waals surface area contributed by atoms with Crippen LogP contribution in [-0.4, -0.2) is 28.1 Å². The Morgan fingerprint density at radius 1 is 0.816 bits per heavy atom. The summed E-state index contributed by atoms with van der Waals surface area (Å²) in [6, 6.07) is 17.1. The first-order chi connectivity index (χ1) is 17.9. The van der Waals surface area contributed by atoms with Crippen molar-refractivity contribution in [2.45, 2.75) is 72.8 Å². The van der Waals surface area contributed by atoms with Gasteiger partial charge < -0.3 is 9.47 Å². The minimum atomic E-state index is -0.313. The summed E-state index contributed by atoms with van der Waals surface area (Å²) in [5.41, 5.74) is 8.42. The van der Waals surface area contributed by atoms with E-state index in [0.29, 0.717) is 12.8 Å². The Kier molecular flexibility index (Phi) is 5.61. The lowest BCUT2D eigenvalue weighted by molar-refractivity contribution is -0.119. The van der Waals surface area contributed by atoms with Crippen molar-refractivity contribution in [2.75, 3.05) is 7.05 Å². The first-order valence-electron chi connectivity index (χ1n) is 13.8. The highest BCUT2D eigenvalue weighted by Crippen LogP contribution is 2.54. The summed E-state index contributed by atoms with van der Waals surface area (Å²) in [4.78, 5) is 30.1. The Bertz CT molecular complexity index is 1510. The molecule has 0 saturated heterocycles. The lowest BCUT2D eigenvalue weighted by Gasteiger charge is -2.47. The summed E-state index contributed by atoms with van der Waals surface area (Å²) in [5, 5.41) is 1.13. The molecule has 196 valence electrons. The molecule has 3 aliphatic rings. The van der Waals surface area contributed by atoms with Gasteiger partial charge in [0.15, 0.2) is 11.6 Å². The number of aromatic nitrogens is 1. The molecule has 0 fully saturated rings. The Morgan fingerprint density at radius 3 is 2.03 bits per heavy atom. The predicted octanol–water partition coefficient (Wildman–Crippen LogP) is 7.31. The van der Waals surface area contributed by atoms with Gasteiger partial charge >= 0.3 is 0 Å². The summed E-state index contributed by atoms with van der Waals surface area (Å²) in [6.07, 6.45) is 4.93. The Morgan fingerprint density at radius 2 is 1.42 bits per heavy atom. The van der Waals surface area contributed by atoms with Crippen LogP contribution in [0.1, 0.15) is 76.0 Å². The van der Waals surface area contributed by atoms with Gasteiger partial charge in [-0.25, -0.2) is 0 Å². The van der Waals surface area contributed by atoms with E-state index < -0.39 is 0 Å². The van der Waals surface area contributed by atoms with Crippen molar-refractivity contribution >= 4 is 22.5 Å². The third-order valence-electron chi connectivity index (χ3n) is 8.75. The predicted molar refractivity (Wildman–Crippen MR) is 153 cm³/mol. The molecule has 0 saturated carbocycles. The Balaban J connectivity index is 1.59. The van der Waals surface area contributed by atoms with E-state index in [2.05, 4.69) is 106 Å². The minimum absolute atomic E-state index is 0.0971. The number of hydrogen-bond donors (Lipinski definition) is 0. The van der Waals surface area contributed by atoms with Crippen molar-refractivity contribution in [3.63, 3.8) is 0 Å². The number of hydrogen-bond acceptors (Lipinski definition) is 3. The molecule has 1 aromatic heterocycles. The molecule has 3 aromatic rings. The van der Waals surface area contributed by atoms with Crippen LogP contribution in [0.5, 0.6) is 0 Å². The molecule has 2 heterocycles. The van der Waals surface area contributed by atoms with Crippen LogP contribution in [0.3, 0.4) is 0 Å². The fourth-order valence-electron chi connectivity index (χ4n) is 7.12. The SMILES string of the molecule is Cc1cccc(Cn2cc(C3C4=C(CC(C)(C)CC4=O)N(C)C4=C3C(=O)CC(C)(C)C4)c3ccccc32)c1. The van der Waals surface area contributed by atoms with E-state index in [1.54, 1.807) is 0 Å². The van der Waals surface area contributed by atoms with Crippen LogP contribution in [0.25, 0.3) is 10.9 Å². The summed E-state index contributed by atoms with van der Waals surface area (Å²) in [7, 11) is 2.07. The maximum absolute atomic E-state index is 13.9. The minimum Gasteiger partial charge on any atom is -0.351 e. The second-order valence-electron chi connectivity index (χ2n) is 13.3. The number of allylic oxidation sites excluding steroid dienone is 4. The fourth-order valence-corrected chi connectivity index (χ4v) is 7.12. The maximum Gasteiger partial charge on any atom is 0.162 e. The lowest BCUT2D eigenvalue weighted by Crippen LogP contribution is -2.43. The van der Waals surface area contributed by atoms with Crippen LogP contribution < -0.4 is 0 Å². The number of benzene rings is 2. The second-order valence-corrected chi connectivity index (χ2v) is 13.3. The summed E-state index contributed by atoms with van der Waals surface area (Å²) in [6.45, 7) is 11.6. The van der Waals surface area contributed by atoms with Gasteiger partial charge in [0, 0.05) is 72.0 Å². The average Bonchev–Trinajstić information content (AvgIpc) is 3.17. The van der Waals surface area contributed by atoms with Crippen molar-refractivity contribution in [3.05, 3.63) is 94.0 Å². The molecule has 4 heteroatoms. The maximum atomic E-state index is 13.9. The zero-order chi connectivity index (χ0) is 27.0. The highest BCUT2D eigenvalue weighted by Gasteiger charge is 2.48. The van der Waals surface area contributed by atoms with Gasteiger partial charge in [0.25, 0.3) is 0 Å². The zero-order valence-corrected chi connectivity index (χ0v) is 23.5. The molecule has 0 N–H and O–H groups in total. The molecule has 0 spiro atoms. The second kappa shape index (κ2) is 8.56. The molecule has 1 aliphatic heterocycles. The van der Waals surface area contributed by atoms with Crippen molar-refractivity contribution in [1.29, 1.82) is 0 Å². The van der Waals surface area contributed by atoms with Crippen LogP contribution in [0.15, 0.2) is 77.3 Å². The smallest absolute Gasteiger partial charge is 0.162 e. The van der Waals surface area contributed by atoms with Gasteiger partial charge in [-0.05, 0) is 47.8 Å². The third-order valence-corrected chi connectivity index (χ3v) is 8.75. The quantitative estimate of drug-likeness (QED) is 0.374.